The molecule has 12 heavy (non-hydrogen) atoms. The van der Waals surface area contributed by atoms with E-state index in [1.165, 1.54) is 0 Å². The van der Waals surface area contributed by atoms with Gasteiger partial charge in [0.25, 0.3) is 0 Å². The average Bonchev–Trinajstić information content (AvgIpc) is 2.11. The van der Waals surface area contributed by atoms with E-state index >= 15 is 0 Å². The van der Waals surface area contributed by atoms with Crippen molar-refractivity contribution in [1.29, 1.82) is 0 Å². The Morgan fingerprint density at radius 1 is 1.58 bits per heavy atom. The first kappa shape index (κ1) is 11.4. The van der Waals surface area contributed by atoms with Crippen molar-refractivity contribution >= 4 is 5.78 Å². The second kappa shape index (κ2) is 5.95. The van der Waals surface area contributed by atoms with Crippen LogP contribution in [0.3, 0.4) is 0 Å². The van der Waals surface area contributed by atoms with E-state index in [1.54, 1.807) is 0 Å². The van der Waals surface area contributed by atoms with Crippen LogP contribution in [0.15, 0.2) is 12.2 Å². The van der Waals surface area contributed by atoms with Crippen LogP contribution in [-0.4, -0.2) is 17.5 Å². The molecule has 1 atom stereocenters. The van der Waals surface area contributed by atoms with Crippen LogP contribution >= 0.6 is 0 Å². The highest BCUT2D eigenvalue weighted by molar-refractivity contribution is 5.94. The summed E-state index contributed by atoms with van der Waals surface area (Å²) in [5.74, 6) is 0.582. The van der Waals surface area contributed by atoms with Crippen molar-refractivity contribution in [3.05, 3.63) is 12.2 Å². The molecule has 2 heteroatoms. The first-order chi connectivity index (χ1) is 5.61. The lowest BCUT2D eigenvalue weighted by Crippen LogP contribution is -2.06. The van der Waals surface area contributed by atoms with Gasteiger partial charge in [-0.05, 0) is 12.3 Å². The fraction of sp³-hybridized carbons (Fsp3) is 0.700. The molecule has 1 unspecified atom stereocenters. The number of hydrogen-bond donors (Lipinski definition) is 1. The Hall–Kier alpha value is -0.630. The van der Waals surface area contributed by atoms with Crippen molar-refractivity contribution in [2.45, 2.75) is 33.1 Å². The number of Topliss-reactive ketones (excluding diaryl/α,β-unsaturated/α-hetero) is 1. The summed E-state index contributed by atoms with van der Waals surface area (Å²) in [5, 5.41) is 8.61. The van der Waals surface area contributed by atoms with Crippen molar-refractivity contribution in [3.63, 3.8) is 0 Å². The topological polar surface area (TPSA) is 37.3 Å². The molecule has 0 aromatic heterocycles. The minimum absolute atomic E-state index is 0.00204. The van der Waals surface area contributed by atoms with Gasteiger partial charge in [-0.2, -0.15) is 0 Å². The van der Waals surface area contributed by atoms with Crippen molar-refractivity contribution < 1.29 is 9.90 Å². The molecule has 70 valence electrons. The molecular formula is C10H18O2. The van der Waals surface area contributed by atoms with Gasteiger partial charge in [-0.1, -0.05) is 26.8 Å². The summed E-state index contributed by atoms with van der Waals surface area (Å²) >= 11 is 0. The lowest BCUT2D eigenvalue weighted by Gasteiger charge is -2.06. The maximum Gasteiger partial charge on any atom is 0.160 e. The maximum absolute atomic E-state index is 11.1. The Balaban J connectivity index is 3.64. The van der Waals surface area contributed by atoms with E-state index < -0.39 is 0 Å². The van der Waals surface area contributed by atoms with E-state index in [1.807, 2.05) is 0 Å². The summed E-state index contributed by atoms with van der Waals surface area (Å²) in [4.78, 5) is 11.1. The minimum atomic E-state index is -0.209. The van der Waals surface area contributed by atoms with E-state index in [0.29, 0.717) is 17.9 Å². The Labute approximate surface area is 74.3 Å². The maximum atomic E-state index is 11.1. The number of rotatable bonds is 6. The van der Waals surface area contributed by atoms with Gasteiger partial charge in [-0.25, -0.2) is 0 Å². The summed E-state index contributed by atoms with van der Waals surface area (Å²) in [6, 6.07) is 0. The second-order valence-corrected chi connectivity index (χ2v) is 3.24. The number of ketones is 1. The van der Waals surface area contributed by atoms with E-state index in [0.717, 1.165) is 12.8 Å². The van der Waals surface area contributed by atoms with E-state index in [-0.39, 0.29) is 12.4 Å². The lowest BCUT2D eigenvalue weighted by atomic mass is 9.99. The van der Waals surface area contributed by atoms with Crippen molar-refractivity contribution in [2.75, 3.05) is 6.61 Å². The molecule has 0 radical (unpaired) electrons. The molecule has 0 amide bonds. The second-order valence-electron chi connectivity index (χ2n) is 3.24. The van der Waals surface area contributed by atoms with Gasteiger partial charge in [-0.3, -0.25) is 4.79 Å². The standard InChI is InChI=1S/C10H18O2/c1-4-8(2)5-6-10(12)9(3)7-11/h8,11H,3-7H2,1-2H3. The molecule has 0 aliphatic rings. The van der Waals surface area contributed by atoms with Crippen molar-refractivity contribution in [3.8, 4) is 0 Å². The number of aliphatic hydroxyl groups excluding tert-OH is 1. The largest absolute Gasteiger partial charge is 0.392 e. The normalized spacial score (nSPS) is 12.6. The van der Waals surface area contributed by atoms with Crippen LogP contribution in [0.2, 0.25) is 0 Å². The summed E-state index contributed by atoms with van der Waals surface area (Å²) in [5.41, 5.74) is 0.332. The van der Waals surface area contributed by atoms with Crippen LogP contribution < -0.4 is 0 Å². The van der Waals surface area contributed by atoms with Gasteiger partial charge < -0.3 is 5.11 Å². The SMILES string of the molecule is C=C(CO)C(=O)CCC(C)CC. The number of aliphatic hydroxyl groups is 1. The molecule has 0 rings (SSSR count). The van der Waals surface area contributed by atoms with Gasteiger partial charge in [0.05, 0.1) is 6.61 Å². The molecule has 0 aromatic carbocycles. The quantitative estimate of drug-likeness (QED) is 0.618. The summed E-state index contributed by atoms with van der Waals surface area (Å²) in [7, 11) is 0. The molecule has 0 fully saturated rings. The molecule has 1 N–H and O–H groups in total. The summed E-state index contributed by atoms with van der Waals surface area (Å²) in [6.45, 7) is 7.50. The number of carbonyl (C=O) groups excluding carboxylic acids is 1. The number of hydrogen-bond acceptors (Lipinski definition) is 2. The van der Waals surface area contributed by atoms with Crippen LogP contribution in [0.1, 0.15) is 33.1 Å². The van der Waals surface area contributed by atoms with Crippen molar-refractivity contribution in [2.24, 2.45) is 5.92 Å². The fourth-order valence-electron chi connectivity index (χ4n) is 0.847. The molecular weight excluding hydrogens is 152 g/mol. The summed E-state index contributed by atoms with van der Waals surface area (Å²) < 4.78 is 0. The molecule has 0 spiro atoms. The third-order valence-electron chi connectivity index (χ3n) is 2.15. The third-order valence-corrected chi connectivity index (χ3v) is 2.15. The Morgan fingerprint density at radius 3 is 2.58 bits per heavy atom. The van der Waals surface area contributed by atoms with Gasteiger partial charge in [-0.15, -0.1) is 0 Å². The van der Waals surface area contributed by atoms with Crippen LogP contribution in [0.5, 0.6) is 0 Å². The smallest absolute Gasteiger partial charge is 0.160 e. The molecule has 0 saturated carbocycles. The van der Waals surface area contributed by atoms with Gasteiger partial charge in [0, 0.05) is 12.0 Å². The fourth-order valence-corrected chi connectivity index (χ4v) is 0.847. The Morgan fingerprint density at radius 2 is 2.17 bits per heavy atom. The van der Waals surface area contributed by atoms with Crippen LogP contribution in [0, 0.1) is 5.92 Å². The van der Waals surface area contributed by atoms with Crippen LogP contribution in [0.25, 0.3) is 0 Å². The monoisotopic (exact) mass is 170 g/mol. The zero-order valence-electron chi connectivity index (χ0n) is 7.97. The van der Waals surface area contributed by atoms with Crippen molar-refractivity contribution in [1.82, 2.24) is 0 Å². The highest BCUT2D eigenvalue weighted by atomic mass is 16.3. The van der Waals surface area contributed by atoms with Crippen LogP contribution in [-0.2, 0) is 4.79 Å². The predicted molar refractivity (Wildman–Crippen MR) is 49.9 cm³/mol. The van der Waals surface area contributed by atoms with Gasteiger partial charge >= 0.3 is 0 Å². The zero-order chi connectivity index (χ0) is 9.56. The van der Waals surface area contributed by atoms with Crippen LogP contribution in [0.4, 0.5) is 0 Å². The Bertz CT molecular complexity index is 161. The summed E-state index contributed by atoms with van der Waals surface area (Å²) in [6.07, 6.45) is 2.52. The predicted octanol–water partition coefficient (Wildman–Crippen LogP) is 1.93. The van der Waals surface area contributed by atoms with Gasteiger partial charge in [0.1, 0.15) is 0 Å². The van der Waals surface area contributed by atoms with Gasteiger partial charge in [0.15, 0.2) is 5.78 Å². The molecule has 0 aromatic rings. The highest BCUT2D eigenvalue weighted by Crippen LogP contribution is 2.11. The zero-order valence-corrected chi connectivity index (χ0v) is 7.97. The highest BCUT2D eigenvalue weighted by Gasteiger charge is 2.07. The molecule has 0 bridgehead atoms. The Kier molecular flexibility index (Phi) is 5.64. The molecule has 0 aliphatic heterocycles. The molecule has 2 nitrogen and oxygen atoms in total. The molecule has 0 heterocycles. The first-order valence-corrected chi connectivity index (χ1v) is 4.43. The first-order valence-electron chi connectivity index (χ1n) is 4.43. The third kappa shape index (κ3) is 4.29. The number of carbonyl (C=O) groups is 1. The average molecular weight is 170 g/mol. The molecule has 0 aliphatic carbocycles. The van der Waals surface area contributed by atoms with E-state index in [4.69, 9.17) is 5.11 Å². The molecule has 0 saturated heterocycles. The van der Waals surface area contributed by atoms with E-state index in [9.17, 15) is 4.79 Å². The van der Waals surface area contributed by atoms with E-state index in [2.05, 4.69) is 20.4 Å². The minimum Gasteiger partial charge on any atom is -0.392 e. The lowest BCUT2D eigenvalue weighted by molar-refractivity contribution is -0.116. The van der Waals surface area contributed by atoms with Gasteiger partial charge in [0.2, 0.25) is 0 Å².